The summed E-state index contributed by atoms with van der Waals surface area (Å²) in [6.07, 6.45) is 4.25. The number of para-hydroxylation sites is 2. The van der Waals surface area contributed by atoms with Crippen molar-refractivity contribution < 1.29 is 4.74 Å². The Morgan fingerprint density at radius 1 is 1.16 bits per heavy atom. The van der Waals surface area contributed by atoms with Gasteiger partial charge in [-0.05, 0) is 63.1 Å². The van der Waals surface area contributed by atoms with Crippen molar-refractivity contribution in [1.29, 1.82) is 0 Å². The van der Waals surface area contributed by atoms with Crippen LogP contribution < -0.4 is 9.64 Å². The first kappa shape index (κ1) is 17.3. The predicted molar refractivity (Wildman–Crippen MR) is 107 cm³/mol. The van der Waals surface area contributed by atoms with Crippen LogP contribution >= 0.6 is 0 Å². The second-order valence-electron chi connectivity index (χ2n) is 6.93. The molecule has 0 spiro atoms. The van der Waals surface area contributed by atoms with Crippen LogP contribution in [0.2, 0.25) is 0 Å². The van der Waals surface area contributed by atoms with E-state index in [9.17, 15) is 0 Å². The summed E-state index contributed by atoms with van der Waals surface area (Å²) in [6, 6.07) is 14.4. The molecule has 0 saturated carbocycles. The average Bonchev–Trinajstić information content (AvgIpc) is 2.60. The van der Waals surface area contributed by atoms with Crippen molar-refractivity contribution >= 4 is 23.2 Å². The first-order chi connectivity index (χ1) is 12.0. The van der Waals surface area contributed by atoms with Crippen molar-refractivity contribution in [2.24, 2.45) is 4.99 Å². The molecule has 0 aliphatic carbocycles. The number of fused-ring (bicyclic) bond motifs is 1. The highest BCUT2D eigenvalue weighted by molar-refractivity contribution is 5.89. The van der Waals surface area contributed by atoms with E-state index in [0.717, 1.165) is 23.5 Å². The largest absolute Gasteiger partial charge is 0.494 e. The summed E-state index contributed by atoms with van der Waals surface area (Å²) in [5.41, 5.74) is 5.86. The number of ether oxygens (including phenoxy) is 1. The van der Waals surface area contributed by atoms with Gasteiger partial charge < -0.3 is 9.64 Å². The standard InChI is InChI=1S/C22H26N2O/c1-6-24-20-12-11-17(13-18(20)16(2)14-22(24,3)4)15-23-19-9-7-8-10-21(19)25-5/h7-15H,6H2,1-5H3. The van der Waals surface area contributed by atoms with Gasteiger partial charge in [-0.1, -0.05) is 24.3 Å². The topological polar surface area (TPSA) is 24.8 Å². The molecule has 2 aromatic rings. The lowest BCUT2D eigenvalue weighted by Gasteiger charge is -2.42. The molecule has 130 valence electrons. The van der Waals surface area contributed by atoms with Gasteiger partial charge >= 0.3 is 0 Å². The molecule has 25 heavy (non-hydrogen) atoms. The van der Waals surface area contributed by atoms with Crippen LogP contribution in [0.15, 0.2) is 53.5 Å². The molecule has 0 bridgehead atoms. The number of hydrogen-bond acceptors (Lipinski definition) is 3. The van der Waals surface area contributed by atoms with Gasteiger partial charge in [0.15, 0.2) is 0 Å². The molecule has 0 atom stereocenters. The van der Waals surface area contributed by atoms with Crippen LogP contribution in [0.5, 0.6) is 5.75 Å². The van der Waals surface area contributed by atoms with Crippen LogP contribution in [-0.2, 0) is 0 Å². The van der Waals surface area contributed by atoms with Crippen LogP contribution in [0.4, 0.5) is 11.4 Å². The Morgan fingerprint density at radius 2 is 1.92 bits per heavy atom. The number of likely N-dealkylation sites (N-methyl/N-ethyl adjacent to an activating group) is 1. The minimum Gasteiger partial charge on any atom is -0.494 e. The van der Waals surface area contributed by atoms with E-state index in [1.54, 1.807) is 7.11 Å². The Balaban J connectivity index is 1.97. The molecule has 3 heteroatoms. The molecule has 1 heterocycles. The van der Waals surface area contributed by atoms with E-state index in [4.69, 9.17) is 4.74 Å². The van der Waals surface area contributed by atoms with Crippen LogP contribution in [0.25, 0.3) is 5.57 Å². The number of benzene rings is 2. The number of rotatable bonds is 4. The van der Waals surface area contributed by atoms with E-state index in [1.807, 2.05) is 30.5 Å². The Kier molecular flexibility index (Phi) is 4.67. The normalized spacial score (nSPS) is 15.9. The fourth-order valence-electron chi connectivity index (χ4n) is 3.64. The van der Waals surface area contributed by atoms with Gasteiger partial charge in [-0.2, -0.15) is 0 Å². The summed E-state index contributed by atoms with van der Waals surface area (Å²) >= 11 is 0. The third kappa shape index (κ3) is 3.32. The van der Waals surface area contributed by atoms with Crippen LogP contribution in [-0.4, -0.2) is 25.4 Å². The molecule has 0 unspecified atom stereocenters. The van der Waals surface area contributed by atoms with E-state index >= 15 is 0 Å². The minimum absolute atomic E-state index is 0.0405. The maximum absolute atomic E-state index is 5.36. The molecular weight excluding hydrogens is 308 g/mol. The fraction of sp³-hybridized carbons (Fsp3) is 0.318. The molecule has 1 aliphatic heterocycles. The van der Waals surface area contributed by atoms with Crippen LogP contribution in [0, 0.1) is 0 Å². The molecule has 0 radical (unpaired) electrons. The fourth-order valence-corrected chi connectivity index (χ4v) is 3.64. The Labute approximate surface area is 150 Å². The number of nitrogens with zero attached hydrogens (tertiary/aromatic N) is 2. The average molecular weight is 334 g/mol. The number of hydrogen-bond donors (Lipinski definition) is 0. The Bertz CT molecular complexity index is 834. The van der Waals surface area contributed by atoms with Crippen molar-refractivity contribution in [2.75, 3.05) is 18.6 Å². The predicted octanol–water partition coefficient (Wildman–Crippen LogP) is 5.47. The maximum Gasteiger partial charge on any atom is 0.144 e. The molecule has 2 aromatic carbocycles. The zero-order chi connectivity index (χ0) is 18.0. The highest BCUT2D eigenvalue weighted by Crippen LogP contribution is 2.39. The van der Waals surface area contributed by atoms with Gasteiger partial charge in [-0.25, -0.2) is 0 Å². The number of anilines is 1. The van der Waals surface area contributed by atoms with Crippen molar-refractivity contribution in [3.05, 3.63) is 59.7 Å². The minimum atomic E-state index is 0.0405. The number of methoxy groups -OCH3 is 1. The lowest BCUT2D eigenvalue weighted by atomic mass is 9.88. The second kappa shape index (κ2) is 6.75. The van der Waals surface area contributed by atoms with Crippen LogP contribution in [0.1, 0.15) is 38.8 Å². The Hall–Kier alpha value is -2.55. The quantitative estimate of drug-likeness (QED) is 0.693. The van der Waals surface area contributed by atoms with Crippen molar-refractivity contribution in [3.8, 4) is 5.75 Å². The summed E-state index contributed by atoms with van der Waals surface area (Å²) in [5, 5.41) is 0. The molecule has 0 amide bonds. The zero-order valence-corrected chi connectivity index (χ0v) is 15.7. The van der Waals surface area contributed by atoms with Crippen LogP contribution in [0.3, 0.4) is 0 Å². The van der Waals surface area contributed by atoms with Gasteiger partial charge in [-0.15, -0.1) is 0 Å². The molecule has 3 rings (SSSR count). The summed E-state index contributed by atoms with van der Waals surface area (Å²) < 4.78 is 5.36. The van der Waals surface area contributed by atoms with Gasteiger partial charge in [0, 0.05) is 24.0 Å². The third-order valence-corrected chi connectivity index (χ3v) is 4.76. The summed E-state index contributed by atoms with van der Waals surface area (Å²) in [4.78, 5) is 7.05. The van der Waals surface area contributed by atoms with E-state index < -0.39 is 0 Å². The molecule has 0 N–H and O–H groups in total. The van der Waals surface area contributed by atoms with Gasteiger partial charge in [0.05, 0.1) is 12.6 Å². The molecule has 0 fully saturated rings. The highest BCUT2D eigenvalue weighted by atomic mass is 16.5. The molecule has 1 aliphatic rings. The zero-order valence-electron chi connectivity index (χ0n) is 15.7. The van der Waals surface area contributed by atoms with E-state index in [2.05, 4.69) is 61.9 Å². The molecule has 0 aromatic heterocycles. The van der Waals surface area contributed by atoms with Crippen molar-refractivity contribution in [1.82, 2.24) is 0 Å². The van der Waals surface area contributed by atoms with Gasteiger partial charge in [-0.3, -0.25) is 4.99 Å². The van der Waals surface area contributed by atoms with Crippen molar-refractivity contribution in [2.45, 2.75) is 33.2 Å². The SMILES string of the molecule is CCN1c2ccc(C=Nc3ccccc3OC)cc2C(C)=CC1(C)C. The third-order valence-electron chi connectivity index (χ3n) is 4.76. The molecule has 3 nitrogen and oxygen atoms in total. The second-order valence-corrected chi connectivity index (χ2v) is 6.93. The molecule has 0 saturated heterocycles. The number of aliphatic imine (C=N–C) groups is 1. The van der Waals surface area contributed by atoms with Crippen molar-refractivity contribution in [3.63, 3.8) is 0 Å². The summed E-state index contributed by atoms with van der Waals surface area (Å²) in [7, 11) is 1.67. The molecular formula is C22H26N2O. The van der Waals surface area contributed by atoms with Gasteiger partial charge in [0.1, 0.15) is 11.4 Å². The smallest absolute Gasteiger partial charge is 0.144 e. The lowest BCUT2D eigenvalue weighted by molar-refractivity contribution is 0.416. The van der Waals surface area contributed by atoms with E-state index in [1.165, 1.54) is 16.8 Å². The Morgan fingerprint density at radius 3 is 2.64 bits per heavy atom. The summed E-state index contributed by atoms with van der Waals surface area (Å²) in [5.74, 6) is 0.784. The monoisotopic (exact) mass is 334 g/mol. The lowest BCUT2D eigenvalue weighted by Crippen LogP contribution is -2.44. The van der Waals surface area contributed by atoms with Gasteiger partial charge in [0.25, 0.3) is 0 Å². The number of allylic oxidation sites excluding steroid dienone is 1. The van der Waals surface area contributed by atoms with Gasteiger partial charge in [0.2, 0.25) is 0 Å². The highest BCUT2D eigenvalue weighted by Gasteiger charge is 2.29. The maximum atomic E-state index is 5.36. The first-order valence-electron chi connectivity index (χ1n) is 8.75. The summed E-state index contributed by atoms with van der Waals surface area (Å²) in [6.45, 7) is 9.91. The first-order valence-corrected chi connectivity index (χ1v) is 8.75. The van der Waals surface area contributed by atoms with E-state index in [-0.39, 0.29) is 5.54 Å². The van der Waals surface area contributed by atoms with E-state index in [0.29, 0.717) is 0 Å².